The van der Waals surface area contributed by atoms with E-state index in [4.69, 9.17) is 11.6 Å². The summed E-state index contributed by atoms with van der Waals surface area (Å²) >= 11 is 6.09. The van der Waals surface area contributed by atoms with Gasteiger partial charge in [0.15, 0.2) is 0 Å². The zero-order valence-electron chi connectivity index (χ0n) is 19.5. The van der Waals surface area contributed by atoms with Crippen molar-refractivity contribution in [2.24, 2.45) is 0 Å². The number of nitrogens with one attached hydrogen (secondary N) is 1. The SMILES string of the molecule is Cc1ccc(S(=O)(=O)N(CC(=O)N[C@@H](C)c2ccc(C)cc2C)c2ccc(Cl)cc2C)cc1. The molecule has 1 N–H and O–H groups in total. The minimum absolute atomic E-state index is 0.123. The van der Waals surface area contributed by atoms with Crippen LogP contribution in [-0.4, -0.2) is 20.9 Å². The number of halogens is 1. The molecule has 0 saturated carbocycles. The standard InChI is InChI=1S/C26H29ClN2O3S/c1-17-6-10-23(11-7-17)33(31,32)29(25-13-9-22(27)15-20(25)4)16-26(30)28-21(5)24-12-8-18(2)14-19(24)3/h6-15,21H,16H2,1-5H3,(H,28,30)/t21-/m0/s1. The molecule has 0 aliphatic rings. The average Bonchev–Trinajstić information content (AvgIpc) is 2.72. The molecule has 7 heteroatoms. The lowest BCUT2D eigenvalue weighted by Gasteiger charge is -2.27. The van der Waals surface area contributed by atoms with Gasteiger partial charge in [-0.2, -0.15) is 0 Å². The van der Waals surface area contributed by atoms with Crippen molar-refractivity contribution in [3.63, 3.8) is 0 Å². The fourth-order valence-corrected chi connectivity index (χ4v) is 5.55. The molecular formula is C26H29ClN2O3S. The van der Waals surface area contributed by atoms with Crippen LogP contribution in [0.25, 0.3) is 0 Å². The number of sulfonamides is 1. The van der Waals surface area contributed by atoms with E-state index in [1.807, 2.05) is 39.8 Å². The van der Waals surface area contributed by atoms with Gasteiger partial charge >= 0.3 is 0 Å². The number of carbonyl (C=O) groups excluding carboxylic acids is 1. The van der Waals surface area contributed by atoms with Gasteiger partial charge in [-0.25, -0.2) is 8.42 Å². The van der Waals surface area contributed by atoms with E-state index in [0.717, 1.165) is 26.6 Å². The van der Waals surface area contributed by atoms with Gasteiger partial charge < -0.3 is 5.32 Å². The third-order valence-corrected chi connectivity index (χ3v) is 7.60. The zero-order valence-corrected chi connectivity index (χ0v) is 21.1. The second kappa shape index (κ2) is 9.98. The number of hydrogen-bond donors (Lipinski definition) is 1. The van der Waals surface area contributed by atoms with Crippen LogP contribution in [0.4, 0.5) is 5.69 Å². The summed E-state index contributed by atoms with van der Waals surface area (Å²) in [6.45, 7) is 9.21. The molecule has 5 nitrogen and oxygen atoms in total. The minimum Gasteiger partial charge on any atom is -0.348 e. The summed E-state index contributed by atoms with van der Waals surface area (Å²) in [5.74, 6) is -0.396. The Morgan fingerprint density at radius 1 is 0.909 bits per heavy atom. The van der Waals surface area contributed by atoms with Crippen LogP contribution in [0.5, 0.6) is 0 Å². The molecule has 33 heavy (non-hydrogen) atoms. The van der Waals surface area contributed by atoms with E-state index in [0.29, 0.717) is 16.3 Å². The van der Waals surface area contributed by atoms with Crippen molar-refractivity contribution >= 4 is 33.2 Å². The van der Waals surface area contributed by atoms with Gasteiger partial charge in [0.05, 0.1) is 16.6 Å². The Morgan fingerprint density at radius 3 is 2.15 bits per heavy atom. The maximum Gasteiger partial charge on any atom is 0.264 e. The first kappa shape index (κ1) is 24.8. The molecule has 0 saturated heterocycles. The van der Waals surface area contributed by atoms with E-state index >= 15 is 0 Å². The van der Waals surface area contributed by atoms with E-state index in [1.54, 1.807) is 49.4 Å². The van der Waals surface area contributed by atoms with Crippen LogP contribution < -0.4 is 9.62 Å². The van der Waals surface area contributed by atoms with E-state index in [9.17, 15) is 13.2 Å². The van der Waals surface area contributed by atoms with Crippen LogP contribution in [0.3, 0.4) is 0 Å². The Balaban J connectivity index is 1.94. The van der Waals surface area contributed by atoms with E-state index in [-0.39, 0.29) is 17.5 Å². The number of benzene rings is 3. The highest BCUT2D eigenvalue weighted by Crippen LogP contribution is 2.29. The summed E-state index contributed by atoms with van der Waals surface area (Å²) < 4.78 is 28.3. The van der Waals surface area contributed by atoms with Crippen LogP contribution in [0.1, 0.15) is 40.8 Å². The van der Waals surface area contributed by atoms with E-state index in [1.165, 1.54) is 0 Å². The highest BCUT2D eigenvalue weighted by molar-refractivity contribution is 7.92. The Morgan fingerprint density at radius 2 is 1.55 bits per heavy atom. The molecule has 0 aromatic heterocycles. The van der Waals surface area contributed by atoms with Gasteiger partial charge in [-0.1, -0.05) is 53.1 Å². The Kier molecular flexibility index (Phi) is 7.50. The first-order chi connectivity index (χ1) is 15.5. The molecule has 3 rings (SSSR count). The average molecular weight is 485 g/mol. The van der Waals surface area contributed by atoms with Crippen LogP contribution >= 0.6 is 11.6 Å². The summed E-state index contributed by atoms with van der Waals surface area (Å²) in [5.41, 5.74) is 5.22. The largest absolute Gasteiger partial charge is 0.348 e. The summed E-state index contributed by atoms with van der Waals surface area (Å²) in [6, 6.07) is 17.3. The van der Waals surface area contributed by atoms with Crippen LogP contribution in [0.15, 0.2) is 65.6 Å². The van der Waals surface area contributed by atoms with Gasteiger partial charge in [0.1, 0.15) is 6.54 Å². The van der Waals surface area contributed by atoms with Gasteiger partial charge in [-0.3, -0.25) is 9.10 Å². The molecule has 0 spiro atoms. The molecule has 0 bridgehead atoms. The van der Waals surface area contributed by atoms with Crippen molar-refractivity contribution < 1.29 is 13.2 Å². The molecule has 1 amide bonds. The molecule has 0 aliphatic carbocycles. The second-order valence-electron chi connectivity index (χ2n) is 8.40. The van der Waals surface area contributed by atoms with E-state index in [2.05, 4.69) is 11.4 Å². The van der Waals surface area contributed by atoms with Crippen LogP contribution in [0.2, 0.25) is 5.02 Å². The maximum atomic E-state index is 13.6. The number of rotatable bonds is 7. The Labute approximate surface area is 201 Å². The fraction of sp³-hybridized carbons (Fsp3) is 0.269. The fourth-order valence-electron chi connectivity index (χ4n) is 3.84. The summed E-state index contributed by atoms with van der Waals surface area (Å²) in [7, 11) is -3.99. The molecule has 174 valence electrons. The van der Waals surface area contributed by atoms with Crippen molar-refractivity contribution in [1.82, 2.24) is 5.32 Å². The quantitative estimate of drug-likeness (QED) is 0.471. The number of aryl methyl sites for hydroxylation is 4. The summed E-state index contributed by atoms with van der Waals surface area (Å²) in [4.78, 5) is 13.2. The number of hydrogen-bond acceptors (Lipinski definition) is 3. The minimum atomic E-state index is -3.99. The number of carbonyl (C=O) groups is 1. The Hall–Kier alpha value is -2.83. The lowest BCUT2D eigenvalue weighted by molar-refractivity contribution is -0.120. The number of amides is 1. The van der Waals surface area contributed by atoms with Crippen molar-refractivity contribution in [2.45, 2.75) is 45.6 Å². The molecule has 0 fully saturated rings. The van der Waals surface area contributed by atoms with Crippen molar-refractivity contribution in [3.05, 3.63) is 93.5 Å². The zero-order chi connectivity index (χ0) is 24.3. The molecule has 1 atom stereocenters. The van der Waals surface area contributed by atoms with Crippen molar-refractivity contribution in [2.75, 3.05) is 10.8 Å². The number of nitrogens with zero attached hydrogens (tertiary/aromatic N) is 1. The highest BCUT2D eigenvalue weighted by Gasteiger charge is 2.29. The third kappa shape index (κ3) is 5.75. The smallest absolute Gasteiger partial charge is 0.264 e. The normalized spacial score (nSPS) is 12.3. The molecule has 3 aromatic rings. The van der Waals surface area contributed by atoms with Gasteiger partial charge in [0.25, 0.3) is 10.0 Å². The topological polar surface area (TPSA) is 66.5 Å². The molecule has 0 heterocycles. The maximum absolute atomic E-state index is 13.6. The number of anilines is 1. The Bertz CT molecular complexity index is 1270. The summed E-state index contributed by atoms with van der Waals surface area (Å²) in [6.07, 6.45) is 0. The monoisotopic (exact) mass is 484 g/mol. The third-order valence-electron chi connectivity index (χ3n) is 5.59. The summed E-state index contributed by atoms with van der Waals surface area (Å²) in [5, 5.41) is 3.45. The lowest BCUT2D eigenvalue weighted by Crippen LogP contribution is -2.42. The van der Waals surface area contributed by atoms with Gasteiger partial charge in [0, 0.05) is 5.02 Å². The highest BCUT2D eigenvalue weighted by atomic mass is 35.5. The molecule has 0 aliphatic heterocycles. The van der Waals surface area contributed by atoms with Gasteiger partial charge in [-0.05, 0) is 81.6 Å². The van der Waals surface area contributed by atoms with Crippen molar-refractivity contribution in [1.29, 1.82) is 0 Å². The first-order valence-electron chi connectivity index (χ1n) is 10.7. The molecule has 0 unspecified atom stereocenters. The van der Waals surface area contributed by atoms with Crippen molar-refractivity contribution in [3.8, 4) is 0 Å². The molecule has 0 radical (unpaired) electrons. The second-order valence-corrected chi connectivity index (χ2v) is 10.7. The predicted octanol–water partition coefficient (Wildman–Crippen LogP) is 5.65. The van der Waals surface area contributed by atoms with Crippen LogP contribution in [0, 0.1) is 27.7 Å². The molecular weight excluding hydrogens is 456 g/mol. The van der Waals surface area contributed by atoms with Gasteiger partial charge in [0.2, 0.25) is 5.91 Å². The first-order valence-corrected chi connectivity index (χ1v) is 12.5. The lowest BCUT2D eigenvalue weighted by atomic mass is 10.0. The predicted molar refractivity (Wildman–Crippen MR) is 134 cm³/mol. The van der Waals surface area contributed by atoms with E-state index < -0.39 is 15.9 Å². The van der Waals surface area contributed by atoms with Crippen LogP contribution in [-0.2, 0) is 14.8 Å². The van der Waals surface area contributed by atoms with Gasteiger partial charge in [-0.15, -0.1) is 0 Å². The molecule has 3 aromatic carbocycles.